The van der Waals surface area contributed by atoms with Gasteiger partial charge in [-0.1, -0.05) is 6.42 Å². The molecule has 2 heterocycles. The number of nitrogens with one attached hydrogen (secondary N) is 2. The van der Waals surface area contributed by atoms with E-state index in [2.05, 4.69) is 15.1 Å². The Labute approximate surface area is 131 Å². The molecule has 0 radical (unpaired) electrons. The molecule has 0 spiro atoms. The van der Waals surface area contributed by atoms with Crippen molar-refractivity contribution in [3.05, 3.63) is 12.3 Å². The summed E-state index contributed by atoms with van der Waals surface area (Å²) in [6, 6.07) is 1.91. The lowest BCUT2D eigenvalue weighted by atomic mass is 9.85. The monoisotopic (exact) mass is 324 g/mol. The molecule has 3 aliphatic rings. The summed E-state index contributed by atoms with van der Waals surface area (Å²) in [5.41, 5.74) is -0.287. The van der Waals surface area contributed by atoms with E-state index in [0.717, 1.165) is 38.8 Å². The summed E-state index contributed by atoms with van der Waals surface area (Å²) in [6.45, 7) is 1.62. The largest absolute Gasteiger partial charge is 0.312 e. The average molecular weight is 324 g/mol. The van der Waals surface area contributed by atoms with Crippen molar-refractivity contribution in [2.75, 3.05) is 6.54 Å². The summed E-state index contributed by atoms with van der Waals surface area (Å²) in [7, 11) is -3.51. The van der Waals surface area contributed by atoms with E-state index in [-0.39, 0.29) is 11.6 Å². The maximum atomic E-state index is 12.9. The fourth-order valence-electron chi connectivity index (χ4n) is 4.24. The Morgan fingerprint density at radius 3 is 2.95 bits per heavy atom. The van der Waals surface area contributed by atoms with Crippen LogP contribution in [0.3, 0.4) is 0 Å². The Kier molecular flexibility index (Phi) is 3.54. The van der Waals surface area contributed by atoms with E-state index in [1.807, 2.05) is 0 Å². The third-order valence-electron chi connectivity index (χ3n) is 5.69. The minimum absolute atomic E-state index is 0.283. The molecule has 1 aromatic rings. The van der Waals surface area contributed by atoms with Crippen LogP contribution in [0.15, 0.2) is 17.3 Å². The van der Waals surface area contributed by atoms with E-state index in [1.54, 1.807) is 16.9 Å². The number of aromatic nitrogens is 2. The number of hydrogen-bond donors (Lipinski definition) is 2. The van der Waals surface area contributed by atoms with Gasteiger partial charge in [-0.3, -0.25) is 4.68 Å². The summed E-state index contributed by atoms with van der Waals surface area (Å²) in [5, 5.41) is 8.01. The second-order valence-corrected chi connectivity index (χ2v) is 8.69. The van der Waals surface area contributed by atoms with Gasteiger partial charge in [0.1, 0.15) is 0 Å². The van der Waals surface area contributed by atoms with Gasteiger partial charge in [0.15, 0.2) is 5.03 Å². The van der Waals surface area contributed by atoms with Gasteiger partial charge in [0, 0.05) is 18.1 Å². The van der Waals surface area contributed by atoms with Crippen LogP contribution in [0.4, 0.5) is 0 Å². The molecule has 2 saturated carbocycles. The zero-order valence-electron chi connectivity index (χ0n) is 12.8. The van der Waals surface area contributed by atoms with Crippen molar-refractivity contribution in [2.45, 2.75) is 68.1 Å². The minimum Gasteiger partial charge on any atom is -0.312 e. The summed E-state index contributed by atoms with van der Waals surface area (Å²) >= 11 is 0. The van der Waals surface area contributed by atoms with Crippen molar-refractivity contribution in [3.8, 4) is 0 Å². The molecule has 2 atom stereocenters. The lowest BCUT2D eigenvalue weighted by Crippen LogP contribution is -2.53. The lowest BCUT2D eigenvalue weighted by Gasteiger charge is -2.30. The van der Waals surface area contributed by atoms with E-state index >= 15 is 0 Å². The highest BCUT2D eigenvalue weighted by molar-refractivity contribution is 7.89. The molecule has 1 aliphatic heterocycles. The van der Waals surface area contributed by atoms with Crippen molar-refractivity contribution >= 4 is 10.0 Å². The molecule has 0 aromatic carbocycles. The summed E-state index contributed by atoms with van der Waals surface area (Å²) < 4.78 is 30.5. The van der Waals surface area contributed by atoms with Gasteiger partial charge >= 0.3 is 0 Å². The normalized spacial score (nSPS) is 32.1. The SMILES string of the molecule is O=S(=O)(NC12CCCC1NCC2)c1ccnn1CC1CCC1. The molecule has 0 bridgehead atoms. The quantitative estimate of drug-likeness (QED) is 0.854. The number of sulfonamides is 1. The van der Waals surface area contributed by atoms with Crippen LogP contribution in [0, 0.1) is 5.92 Å². The highest BCUT2D eigenvalue weighted by atomic mass is 32.2. The zero-order valence-corrected chi connectivity index (χ0v) is 13.6. The molecule has 3 fully saturated rings. The van der Waals surface area contributed by atoms with Crippen molar-refractivity contribution in [1.82, 2.24) is 19.8 Å². The molecular weight excluding hydrogens is 300 g/mol. The van der Waals surface area contributed by atoms with Crippen LogP contribution in [0.1, 0.15) is 44.9 Å². The Bertz CT molecular complexity index is 640. The summed E-state index contributed by atoms with van der Waals surface area (Å²) in [4.78, 5) is 0. The zero-order chi connectivity index (χ0) is 15.2. The van der Waals surface area contributed by atoms with Gasteiger partial charge < -0.3 is 5.32 Å². The first-order valence-electron chi connectivity index (χ1n) is 8.38. The highest BCUT2D eigenvalue weighted by Crippen LogP contribution is 2.38. The smallest absolute Gasteiger partial charge is 0.258 e. The van der Waals surface area contributed by atoms with Crippen molar-refractivity contribution in [2.24, 2.45) is 5.92 Å². The van der Waals surface area contributed by atoms with Gasteiger partial charge in [0.2, 0.25) is 0 Å². The lowest BCUT2D eigenvalue weighted by molar-refractivity contribution is 0.257. The maximum Gasteiger partial charge on any atom is 0.258 e. The van der Waals surface area contributed by atoms with Crippen LogP contribution < -0.4 is 10.0 Å². The topological polar surface area (TPSA) is 76.0 Å². The molecule has 7 heteroatoms. The van der Waals surface area contributed by atoms with Gasteiger partial charge in [-0.25, -0.2) is 13.1 Å². The van der Waals surface area contributed by atoms with Crippen LogP contribution in [0.2, 0.25) is 0 Å². The molecular formula is C15H24N4O2S. The Morgan fingerprint density at radius 1 is 1.32 bits per heavy atom. The first-order valence-corrected chi connectivity index (χ1v) is 9.87. The van der Waals surface area contributed by atoms with Gasteiger partial charge in [0.25, 0.3) is 10.0 Å². The number of fused-ring (bicyclic) bond motifs is 1. The van der Waals surface area contributed by atoms with Gasteiger partial charge in [-0.2, -0.15) is 5.10 Å². The Balaban J connectivity index is 1.57. The summed E-state index contributed by atoms with van der Waals surface area (Å²) in [5.74, 6) is 0.583. The van der Waals surface area contributed by atoms with E-state index < -0.39 is 10.0 Å². The molecule has 1 aromatic heterocycles. The average Bonchev–Trinajstić information content (AvgIpc) is 3.07. The predicted molar refractivity (Wildman–Crippen MR) is 82.9 cm³/mol. The molecule has 0 amide bonds. The summed E-state index contributed by atoms with van der Waals surface area (Å²) in [6.07, 6.45) is 9.18. The second kappa shape index (κ2) is 5.32. The second-order valence-electron chi connectivity index (χ2n) is 7.06. The highest BCUT2D eigenvalue weighted by Gasteiger charge is 2.49. The first-order chi connectivity index (χ1) is 10.6. The molecule has 6 nitrogen and oxygen atoms in total. The first kappa shape index (κ1) is 14.7. The Morgan fingerprint density at radius 2 is 2.18 bits per heavy atom. The van der Waals surface area contributed by atoms with Crippen molar-refractivity contribution in [1.29, 1.82) is 0 Å². The van der Waals surface area contributed by atoms with Crippen molar-refractivity contribution < 1.29 is 8.42 Å². The third-order valence-corrected chi connectivity index (χ3v) is 7.26. The molecule has 2 N–H and O–H groups in total. The van der Waals surface area contributed by atoms with Crippen LogP contribution in [-0.2, 0) is 16.6 Å². The fourth-order valence-corrected chi connectivity index (χ4v) is 5.86. The molecule has 2 unspecified atom stereocenters. The molecule has 4 rings (SSSR count). The minimum atomic E-state index is -3.51. The van der Waals surface area contributed by atoms with Crippen molar-refractivity contribution in [3.63, 3.8) is 0 Å². The maximum absolute atomic E-state index is 12.9. The number of hydrogen-bond acceptors (Lipinski definition) is 4. The van der Waals surface area contributed by atoms with Crippen LogP contribution in [0.25, 0.3) is 0 Å². The van der Waals surface area contributed by atoms with E-state index in [0.29, 0.717) is 10.9 Å². The standard InChI is InChI=1S/C15H24N4O2S/c20-22(21,18-15-7-2-5-13(15)16-10-8-15)14-6-9-17-19(14)11-12-3-1-4-12/h6,9,12-13,16,18H,1-5,7-8,10-11H2. The van der Waals surface area contributed by atoms with Crippen LogP contribution in [0.5, 0.6) is 0 Å². The van der Waals surface area contributed by atoms with Crippen LogP contribution >= 0.6 is 0 Å². The van der Waals surface area contributed by atoms with Gasteiger partial charge in [-0.15, -0.1) is 0 Å². The van der Waals surface area contributed by atoms with E-state index in [4.69, 9.17) is 0 Å². The molecule has 22 heavy (non-hydrogen) atoms. The van der Waals surface area contributed by atoms with Crippen LogP contribution in [-0.4, -0.2) is 36.3 Å². The molecule has 122 valence electrons. The molecule has 2 aliphatic carbocycles. The fraction of sp³-hybridized carbons (Fsp3) is 0.800. The van der Waals surface area contributed by atoms with Gasteiger partial charge in [0.05, 0.1) is 6.20 Å². The number of rotatable bonds is 5. The third kappa shape index (κ3) is 2.39. The predicted octanol–water partition coefficient (Wildman–Crippen LogP) is 1.25. The van der Waals surface area contributed by atoms with Gasteiger partial charge in [-0.05, 0) is 57.1 Å². The van der Waals surface area contributed by atoms with E-state index in [1.165, 1.54) is 19.3 Å². The number of nitrogens with zero attached hydrogens (tertiary/aromatic N) is 2. The Hall–Kier alpha value is -0.920. The molecule has 1 saturated heterocycles. The van der Waals surface area contributed by atoms with E-state index in [9.17, 15) is 8.42 Å².